The maximum absolute atomic E-state index is 12.9. The summed E-state index contributed by atoms with van der Waals surface area (Å²) in [6.45, 7) is 0.711. The fraction of sp³-hybridized carbons (Fsp3) is 0.125. The van der Waals surface area contributed by atoms with Crippen LogP contribution in [0.4, 0.5) is 26.3 Å². The Labute approximate surface area is 179 Å². The van der Waals surface area contributed by atoms with E-state index in [1.807, 2.05) is 23.7 Å². The summed E-state index contributed by atoms with van der Waals surface area (Å²) in [6, 6.07) is 12.5. The van der Waals surface area contributed by atoms with Crippen molar-refractivity contribution in [2.24, 2.45) is 0 Å². The zero-order chi connectivity index (χ0) is 22.9. The quantitative estimate of drug-likeness (QED) is 0.363. The van der Waals surface area contributed by atoms with Crippen LogP contribution in [0.2, 0.25) is 0 Å². The third-order valence-electron chi connectivity index (χ3n) is 5.01. The molecule has 2 heterocycles. The van der Waals surface area contributed by atoms with Crippen molar-refractivity contribution in [3.8, 4) is 22.6 Å². The molecule has 1 aliphatic rings. The molecule has 32 heavy (non-hydrogen) atoms. The molecule has 0 amide bonds. The summed E-state index contributed by atoms with van der Waals surface area (Å²) in [6.07, 6.45) is -3.18. The van der Waals surface area contributed by atoms with Crippen LogP contribution in [-0.2, 0) is 12.4 Å². The molecule has 2 N–H and O–H groups in total. The number of hydrogen-bond acceptors (Lipinski definition) is 0. The maximum Gasteiger partial charge on any atom is 0.416 e. The molecule has 0 unspecified atom stereocenters. The van der Waals surface area contributed by atoms with Crippen LogP contribution in [0.3, 0.4) is 0 Å². The molecule has 1 aromatic heterocycles. The van der Waals surface area contributed by atoms with Gasteiger partial charge in [0.25, 0.3) is 0 Å². The molecular formula is C24H17F6NO+2. The third kappa shape index (κ3) is 4.75. The highest BCUT2D eigenvalue weighted by atomic mass is 19.4. The van der Waals surface area contributed by atoms with Crippen molar-refractivity contribution in [3.05, 3.63) is 95.7 Å². The molecule has 164 valence electrons. The molecule has 8 heteroatoms. The average molecular weight is 449 g/mol. The SMILES string of the molecule is FC(F)(F)c1ccc(-c2cc(C3=CC[NH2+]C=C3)cc(-c3ccc(C(F)(F)F)cc3)[o+]2)cc1. The van der Waals surface area contributed by atoms with Gasteiger partial charge in [-0.25, -0.2) is 4.42 Å². The standard InChI is InChI=1S/C24H16F6NO/c25-23(26,27)19-5-1-16(2-6-19)21-13-18(15-9-11-31-12-10-15)14-22(32-21)17-3-7-20(8-4-17)24(28,29)30/h1-11,13-14,31H,12H2/q+1/p+1. The van der Waals surface area contributed by atoms with Gasteiger partial charge >= 0.3 is 23.9 Å². The van der Waals surface area contributed by atoms with Crippen LogP contribution in [0.5, 0.6) is 0 Å². The highest BCUT2D eigenvalue weighted by molar-refractivity contribution is 5.79. The van der Waals surface area contributed by atoms with E-state index in [9.17, 15) is 26.3 Å². The Balaban J connectivity index is 1.80. The molecule has 0 aliphatic carbocycles. The van der Waals surface area contributed by atoms with Gasteiger partial charge in [0, 0.05) is 5.56 Å². The molecule has 0 saturated heterocycles. The van der Waals surface area contributed by atoms with E-state index in [2.05, 4.69) is 0 Å². The third-order valence-corrected chi connectivity index (χ3v) is 5.01. The highest BCUT2D eigenvalue weighted by Gasteiger charge is 2.32. The molecule has 2 aromatic carbocycles. The first-order chi connectivity index (χ1) is 15.1. The lowest BCUT2D eigenvalue weighted by Crippen LogP contribution is -2.78. The van der Waals surface area contributed by atoms with Gasteiger partial charge in [-0.1, -0.05) is 0 Å². The molecule has 4 rings (SSSR count). The van der Waals surface area contributed by atoms with Gasteiger partial charge in [-0.3, -0.25) is 0 Å². The minimum absolute atomic E-state index is 0.301. The van der Waals surface area contributed by atoms with Crippen LogP contribution in [0.1, 0.15) is 16.7 Å². The number of quaternary nitrogens is 1. The average Bonchev–Trinajstić information content (AvgIpc) is 2.78. The highest BCUT2D eigenvalue weighted by Crippen LogP contribution is 2.35. The van der Waals surface area contributed by atoms with Gasteiger partial charge in [0.1, 0.15) is 0 Å². The monoisotopic (exact) mass is 449 g/mol. The van der Waals surface area contributed by atoms with Gasteiger partial charge in [0.05, 0.1) is 47.1 Å². The van der Waals surface area contributed by atoms with Crippen LogP contribution in [0.25, 0.3) is 28.2 Å². The van der Waals surface area contributed by atoms with Gasteiger partial charge in [-0.05, 0) is 66.3 Å². The van der Waals surface area contributed by atoms with Crippen LogP contribution >= 0.6 is 0 Å². The first-order valence-corrected chi connectivity index (χ1v) is 9.65. The molecule has 1 aliphatic heterocycles. The molecular weight excluding hydrogens is 432 g/mol. The predicted molar refractivity (Wildman–Crippen MR) is 108 cm³/mol. The summed E-state index contributed by atoms with van der Waals surface area (Å²) in [5.74, 6) is 0.602. The fourth-order valence-corrected chi connectivity index (χ4v) is 3.33. The van der Waals surface area contributed by atoms with E-state index in [4.69, 9.17) is 4.42 Å². The van der Waals surface area contributed by atoms with E-state index in [1.165, 1.54) is 24.3 Å². The molecule has 3 aromatic rings. The van der Waals surface area contributed by atoms with Crippen LogP contribution in [0, 0.1) is 0 Å². The van der Waals surface area contributed by atoms with Crippen molar-refractivity contribution in [1.82, 2.24) is 0 Å². The Morgan fingerprint density at radius 3 is 1.50 bits per heavy atom. The van der Waals surface area contributed by atoms with Gasteiger partial charge in [0.15, 0.2) is 0 Å². The minimum atomic E-state index is -4.46. The van der Waals surface area contributed by atoms with Gasteiger partial charge in [-0.15, -0.1) is 0 Å². The van der Waals surface area contributed by atoms with E-state index < -0.39 is 23.5 Å². The predicted octanol–water partition coefficient (Wildman–Crippen LogP) is 6.41. The van der Waals surface area contributed by atoms with E-state index in [1.54, 1.807) is 12.1 Å². The molecule has 0 atom stereocenters. The lowest BCUT2D eigenvalue weighted by molar-refractivity contribution is -0.578. The molecule has 0 bridgehead atoms. The fourth-order valence-electron chi connectivity index (χ4n) is 3.33. The Kier molecular flexibility index (Phi) is 5.64. The van der Waals surface area contributed by atoms with Crippen molar-refractivity contribution in [2.75, 3.05) is 6.54 Å². The second-order valence-electron chi connectivity index (χ2n) is 7.21. The van der Waals surface area contributed by atoms with E-state index in [0.717, 1.165) is 35.4 Å². The largest absolute Gasteiger partial charge is 0.416 e. The van der Waals surface area contributed by atoms with Gasteiger partial charge in [0.2, 0.25) is 0 Å². The Bertz CT molecular complexity index is 1100. The second kappa shape index (κ2) is 8.27. The van der Waals surface area contributed by atoms with Crippen LogP contribution < -0.4 is 5.32 Å². The molecule has 0 radical (unpaired) electrons. The molecule has 0 saturated carbocycles. The summed E-state index contributed by atoms with van der Waals surface area (Å²) in [4.78, 5) is 0. The zero-order valence-electron chi connectivity index (χ0n) is 16.5. The van der Waals surface area contributed by atoms with Crippen molar-refractivity contribution in [1.29, 1.82) is 0 Å². The van der Waals surface area contributed by atoms with Crippen molar-refractivity contribution < 1.29 is 36.1 Å². The van der Waals surface area contributed by atoms with Gasteiger partial charge in [-0.2, -0.15) is 26.3 Å². The number of alkyl halides is 6. The first kappa shape index (κ1) is 21.8. The molecule has 0 fully saturated rings. The lowest BCUT2D eigenvalue weighted by atomic mass is 9.99. The van der Waals surface area contributed by atoms with Crippen molar-refractivity contribution in [2.45, 2.75) is 12.4 Å². The van der Waals surface area contributed by atoms with Crippen LogP contribution in [-0.4, -0.2) is 6.54 Å². The number of hydrogen-bond donors (Lipinski definition) is 1. The number of benzene rings is 2. The topological polar surface area (TPSA) is 27.9 Å². The number of nitrogens with two attached hydrogens (primary N) is 1. The first-order valence-electron chi connectivity index (χ1n) is 9.65. The Hall–Kier alpha value is -3.39. The Morgan fingerprint density at radius 2 is 1.12 bits per heavy atom. The Morgan fingerprint density at radius 1 is 0.656 bits per heavy atom. The minimum Gasteiger partial charge on any atom is -0.317 e. The summed E-state index contributed by atoms with van der Waals surface area (Å²) < 4.78 is 83.4. The zero-order valence-corrected chi connectivity index (χ0v) is 16.5. The van der Waals surface area contributed by atoms with Crippen LogP contribution in [0.15, 0.2) is 83.4 Å². The van der Waals surface area contributed by atoms with E-state index in [-0.39, 0.29) is 0 Å². The summed E-state index contributed by atoms with van der Waals surface area (Å²) in [5, 5.41) is 1.96. The summed E-state index contributed by atoms with van der Waals surface area (Å²) in [5.41, 5.74) is 0.887. The van der Waals surface area contributed by atoms with E-state index in [0.29, 0.717) is 29.2 Å². The number of rotatable bonds is 3. The number of allylic oxidation sites excluding steroid dienone is 2. The van der Waals surface area contributed by atoms with Gasteiger partial charge < -0.3 is 5.32 Å². The smallest absolute Gasteiger partial charge is 0.317 e. The second-order valence-corrected chi connectivity index (χ2v) is 7.21. The lowest BCUT2D eigenvalue weighted by Gasteiger charge is -2.08. The number of halogens is 6. The van der Waals surface area contributed by atoms with Crippen molar-refractivity contribution >= 4 is 5.57 Å². The summed E-state index contributed by atoms with van der Waals surface area (Å²) in [7, 11) is 0. The molecule has 0 spiro atoms. The van der Waals surface area contributed by atoms with Crippen molar-refractivity contribution in [3.63, 3.8) is 0 Å². The molecule has 2 nitrogen and oxygen atoms in total. The summed E-state index contributed by atoms with van der Waals surface area (Å²) >= 11 is 0. The normalized spacial score (nSPS) is 14.4. The van der Waals surface area contributed by atoms with E-state index >= 15 is 0 Å². The maximum atomic E-state index is 12.9.